The van der Waals surface area contributed by atoms with Gasteiger partial charge >= 0.3 is 0 Å². The van der Waals surface area contributed by atoms with Crippen LogP contribution in [-0.2, 0) is 13.0 Å². The Kier molecular flexibility index (Phi) is 4.87. The Morgan fingerprint density at radius 2 is 2.05 bits per heavy atom. The zero-order chi connectivity index (χ0) is 13.7. The summed E-state index contributed by atoms with van der Waals surface area (Å²) in [7, 11) is 2.06. The Balaban J connectivity index is 1.88. The summed E-state index contributed by atoms with van der Waals surface area (Å²) in [6, 6.07) is 9.98. The number of aromatic nitrogens is 2. The molecule has 4 nitrogen and oxygen atoms in total. The van der Waals surface area contributed by atoms with E-state index in [1.165, 1.54) is 5.56 Å². The highest BCUT2D eigenvalue weighted by Gasteiger charge is 2.05. The fourth-order valence-corrected chi connectivity index (χ4v) is 2.31. The van der Waals surface area contributed by atoms with E-state index in [2.05, 4.69) is 56.0 Å². The standard InChI is InChI=1S/C14H17BrN4/c1-19(10-14-17-8-6-13(16)18-14)9-7-11-4-2-3-5-12(11)15/h2-6,8H,7,9-10H2,1H3,(H2,16,17,18). The van der Waals surface area contributed by atoms with Crippen molar-refractivity contribution >= 4 is 21.7 Å². The van der Waals surface area contributed by atoms with Gasteiger partial charge in [-0.2, -0.15) is 0 Å². The topological polar surface area (TPSA) is 55.0 Å². The second kappa shape index (κ2) is 6.63. The second-order valence-electron chi connectivity index (χ2n) is 4.48. The van der Waals surface area contributed by atoms with Crippen LogP contribution in [0.25, 0.3) is 0 Å². The van der Waals surface area contributed by atoms with Gasteiger partial charge in [0.25, 0.3) is 0 Å². The minimum Gasteiger partial charge on any atom is -0.384 e. The van der Waals surface area contributed by atoms with Gasteiger partial charge in [-0.25, -0.2) is 9.97 Å². The molecule has 0 saturated carbocycles. The minimum atomic E-state index is 0.518. The van der Waals surface area contributed by atoms with Crippen LogP contribution >= 0.6 is 15.9 Å². The number of hydrogen-bond acceptors (Lipinski definition) is 4. The van der Waals surface area contributed by atoms with Crippen LogP contribution < -0.4 is 5.73 Å². The van der Waals surface area contributed by atoms with Gasteiger partial charge in [0.1, 0.15) is 11.6 Å². The lowest BCUT2D eigenvalue weighted by Gasteiger charge is -2.16. The number of rotatable bonds is 5. The van der Waals surface area contributed by atoms with Crippen molar-refractivity contribution in [3.05, 3.63) is 52.4 Å². The summed E-state index contributed by atoms with van der Waals surface area (Å²) in [5.74, 6) is 1.28. The van der Waals surface area contributed by atoms with Gasteiger partial charge in [0.15, 0.2) is 0 Å². The number of nitrogen functional groups attached to an aromatic ring is 1. The molecule has 1 heterocycles. The van der Waals surface area contributed by atoms with Crippen LogP contribution in [0.5, 0.6) is 0 Å². The summed E-state index contributed by atoms with van der Waals surface area (Å²) >= 11 is 3.56. The summed E-state index contributed by atoms with van der Waals surface area (Å²) in [5, 5.41) is 0. The molecule has 1 aromatic heterocycles. The summed E-state index contributed by atoms with van der Waals surface area (Å²) in [4.78, 5) is 10.6. The van der Waals surface area contributed by atoms with E-state index in [1.807, 2.05) is 6.07 Å². The van der Waals surface area contributed by atoms with Gasteiger partial charge in [-0.3, -0.25) is 4.90 Å². The SMILES string of the molecule is CN(CCc1ccccc1Br)Cc1nccc(N)n1. The molecular weight excluding hydrogens is 304 g/mol. The van der Waals surface area contributed by atoms with E-state index in [0.717, 1.165) is 23.3 Å². The first-order valence-electron chi connectivity index (χ1n) is 6.14. The summed E-state index contributed by atoms with van der Waals surface area (Å²) < 4.78 is 1.16. The Morgan fingerprint density at radius 1 is 1.26 bits per heavy atom. The first-order valence-corrected chi connectivity index (χ1v) is 6.94. The quantitative estimate of drug-likeness (QED) is 0.919. The molecule has 0 fully saturated rings. The normalized spacial score (nSPS) is 10.9. The third-order valence-corrected chi connectivity index (χ3v) is 3.63. The van der Waals surface area contributed by atoms with E-state index in [9.17, 15) is 0 Å². The number of hydrogen-bond donors (Lipinski definition) is 1. The number of likely N-dealkylation sites (N-methyl/N-ethyl adjacent to an activating group) is 1. The Labute approximate surface area is 121 Å². The van der Waals surface area contributed by atoms with Crippen LogP contribution in [0.2, 0.25) is 0 Å². The molecule has 0 amide bonds. The fourth-order valence-electron chi connectivity index (χ4n) is 1.82. The molecule has 19 heavy (non-hydrogen) atoms. The molecule has 0 radical (unpaired) electrons. The lowest BCUT2D eigenvalue weighted by Crippen LogP contribution is -2.22. The Hall–Kier alpha value is -1.46. The highest BCUT2D eigenvalue weighted by atomic mass is 79.9. The van der Waals surface area contributed by atoms with Crippen LogP contribution in [-0.4, -0.2) is 28.5 Å². The van der Waals surface area contributed by atoms with Crippen LogP contribution in [0.3, 0.4) is 0 Å². The third kappa shape index (κ3) is 4.29. The molecule has 0 spiro atoms. The highest BCUT2D eigenvalue weighted by Crippen LogP contribution is 2.16. The van der Waals surface area contributed by atoms with Gasteiger partial charge in [0.2, 0.25) is 0 Å². The van der Waals surface area contributed by atoms with Gasteiger partial charge in [-0.05, 0) is 31.2 Å². The van der Waals surface area contributed by atoms with Crippen LogP contribution in [0.1, 0.15) is 11.4 Å². The van der Waals surface area contributed by atoms with Crippen molar-refractivity contribution in [2.75, 3.05) is 19.3 Å². The lowest BCUT2D eigenvalue weighted by molar-refractivity contribution is 0.322. The van der Waals surface area contributed by atoms with E-state index < -0.39 is 0 Å². The van der Waals surface area contributed by atoms with Crippen molar-refractivity contribution in [2.24, 2.45) is 0 Å². The highest BCUT2D eigenvalue weighted by molar-refractivity contribution is 9.10. The number of anilines is 1. The van der Waals surface area contributed by atoms with Gasteiger partial charge in [0, 0.05) is 17.2 Å². The lowest BCUT2D eigenvalue weighted by atomic mass is 10.1. The first kappa shape index (κ1) is 14.0. The van der Waals surface area contributed by atoms with E-state index in [0.29, 0.717) is 12.4 Å². The van der Waals surface area contributed by atoms with Gasteiger partial charge in [0.05, 0.1) is 6.54 Å². The zero-order valence-electron chi connectivity index (χ0n) is 10.9. The maximum Gasteiger partial charge on any atom is 0.144 e. The largest absolute Gasteiger partial charge is 0.384 e. The Bertz CT molecular complexity index is 544. The number of halogens is 1. The van der Waals surface area contributed by atoms with Crippen LogP contribution in [0, 0.1) is 0 Å². The maximum absolute atomic E-state index is 5.64. The summed E-state index contributed by atoms with van der Waals surface area (Å²) in [5.41, 5.74) is 6.95. The molecule has 0 aliphatic rings. The summed E-state index contributed by atoms with van der Waals surface area (Å²) in [6.45, 7) is 1.65. The van der Waals surface area contributed by atoms with Crippen molar-refractivity contribution < 1.29 is 0 Å². The van der Waals surface area contributed by atoms with E-state index in [-0.39, 0.29) is 0 Å². The van der Waals surface area contributed by atoms with Gasteiger partial charge < -0.3 is 5.73 Å². The van der Waals surface area contributed by atoms with E-state index in [1.54, 1.807) is 12.3 Å². The molecule has 0 unspecified atom stereocenters. The average Bonchev–Trinajstić information content (AvgIpc) is 2.38. The van der Waals surface area contributed by atoms with Crippen molar-refractivity contribution in [1.82, 2.24) is 14.9 Å². The van der Waals surface area contributed by atoms with Crippen molar-refractivity contribution in [3.63, 3.8) is 0 Å². The van der Waals surface area contributed by atoms with Gasteiger partial charge in [-0.15, -0.1) is 0 Å². The first-order chi connectivity index (χ1) is 9.15. The molecule has 100 valence electrons. The third-order valence-electron chi connectivity index (χ3n) is 2.86. The molecule has 2 aromatic rings. The predicted molar refractivity (Wildman–Crippen MR) is 80.6 cm³/mol. The average molecular weight is 321 g/mol. The van der Waals surface area contributed by atoms with Gasteiger partial charge in [-0.1, -0.05) is 34.1 Å². The molecule has 2 rings (SSSR count). The van der Waals surface area contributed by atoms with Crippen LogP contribution in [0.15, 0.2) is 41.0 Å². The fraction of sp³-hybridized carbons (Fsp3) is 0.286. The van der Waals surface area contributed by atoms with Crippen molar-refractivity contribution in [1.29, 1.82) is 0 Å². The molecule has 1 aromatic carbocycles. The zero-order valence-corrected chi connectivity index (χ0v) is 12.5. The molecule has 0 aliphatic heterocycles. The van der Waals surface area contributed by atoms with E-state index in [4.69, 9.17) is 5.73 Å². The maximum atomic E-state index is 5.64. The van der Waals surface area contributed by atoms with Crippen molar-refractivity contribution in [3.8, 4) is 0 Å². The molecule has 5 heteroatoms. The second-order valence-corrected chi connectivity index (χ2v) is 5.33. The van der Waals surface area contributed by atoms with Crippen LogP contribution in [0.4, 0.5) is 5.82 Å². The number of benzene rings is 1. The molecule has 0 saturated heterocycles. The number of nitrogens with zero attached hydrogens (tertiary/aromatic N) is 3. The predicted octanol–water partition coefficient (Wildman–Crippen LogP) is 2.50. The smallest absolute Gasteiger partial charge is 0.144 e. The molecular formula is C14H17BrN4. The minimum absolute atomic E-state index is 0.518. The molecule has 0 atom stereocenters. The molecule has 0 bridgehead atoms. The molecule has 0 aliphatic carbocycles. The Morgan fingerprint density at radius 3 is 2.79 bits per heavy atom. The number of nitrogens with two attached hydrogens (primary N) is 1. The van der Waals surface area contributed by atoms with E-state index >= 15 is 0 Å². The van der Waals surface area contributed by atoms with Crippen molar-refractivity contribution in [2.45, 2.75) is 13.0 Å². The summed E-state index contributed by atoms with van der Waals surface area (Å²) in [6.07, 6.45) is 2.68. The monoisotopic (exact) mass is 320 g/mol. The molecule has 2 N–H and O–H groups in total.